The number of esters is 2. The van der Waals surface area contributed by atoms with E-state index in [0.29, 0.717) is 24.7 Å². The van der Waals surface area contributed by atoms with Crippen LogP contribution in [0.4, 0.5) is 5.69 Å². The summed E-state index contributed by atoms with van der Waals surface area (Å²) in [6.45, 7) is 2.96. The van der Waals surface area contributed by atoms with Crippen molar-refractivity contribution in [1.29, 1.82) is 0 Å². The number of methoxy groups -OCH3 is 2. The van der Waals surface area contributed by atoms with Gasteiger partial charge in [0.2, 0.25) is 10.0 Å². The molecule has 30 heavy (non-hydrogen) atoms. The molecule has 0 N–H and O–H groups in total. The highest BCUT2D eigenvalue weighted by atomic mass is 32.2. The van der Waals surface area contributed by atoms with Crippen LogP contribution >= 0.6 is 0 Å². The number of sulfonamides is 1. The molecule has 1 aromatic carbocycles. The van der Waals surface area contributed by atoms with Gasteiger partial charge < -0.3 is 19.1 Å². The smallest absolute Gasteiger partial charge is 0.355 e. The van der Waals surface area contributed by atoms with E-state index in [4.69, 9.17) is 14.2 Å². The maximum Gasteiger partial charge on any atom is 0.355 e. The minimum absolute atomic E-state index is 0.000659. The van der Waals surface area contributed by atoms with Crippen molar-refractivity contribution in [3.8, 4) is 0 Å². The fourth-order valence-electron chi connectivity index (χ4n) is 3.66. The molecule has 1 aromatic rings. The first-order valence-electron chi connectivity index (χ1n) is 9.65. The van der Waals surface area contributed by atoms with E-state index in [0.717, 1.165) is 12.8 Å². The molecule has 0 bridgehead atoms. The monoisotopic (exact) mass is 438 g/mol. The largest absolute Gasteiger partial charge is 0.466 e. The van der Waals surface area contributed by atoms with Crippen molar-refractivity contribution in [2.24, 2.45) is 5.92 Å². The number of carbonyl (C=O) groups excluding carboxylic acids is 2. The van der Waals surface area contributed by atoms with E-state index < -0.39 is 22.0 Å². The summed E-state index contributed by atoms with van der Waals surface area (Å²) in [7, 11) is -1.17. The standard InChI is InChI=1S/C20H26N2O7S/c1-14-5-4-10-21(11-14)30(25,26)16-8-6-15(7-9-16)22-13-29-12-17(19(23)27-2)18(22)20(24)28-3/h6-9,14H,4-5,10-13H2,1-3H3. The van der Waals surface area contributed by atoms with E-state index in [9.17, 15) is 18.0 Å². The highest BCUT2D eigenvalue weighted by Crippen LogP contribution is 2.29. The second kappa shape index (κ2) is 9.15. The lowest BCUT2D eigenvalue weighted by molar-refractivity contribution is -0.140. The summed E-state index contributed by atoms with van der Waals surface area (Å²) in [6, 6.07) is 6.13. The maximum atomic E-state index is 13.0. The molecule has 0 saturated carbocycles. The minimum atomic E-state index is -3.60. The first kappa shape index (κ1) is 22.3. The van der Waals surface area contributed by atoms with Crippen molar-refractivity contribution < 1.29 is 32.2 Å². The number of ether oxygens (including phenoxy) is 3. The van der Waals surface area contributed by atoms with Crippen LogP contribution in [-0.4, -0.2) is 65.3 Å². The lowest BCUT2D eigenvalue weighted by atomic mass is 10.0. The highest BCUT2D eigenvalue weighted by molar-refractivity contribution is 7.89. The van der Waals surface area contributed by atoms with Gasteiger partial charge in [0.1, 0.15) is 12.4 Å². The molecule has 164 valence electrons. The van der Waals surface area contributed by atoms with Crippen LogP contribution in [0.3, 0.4) is 0 Å². The van der Waals surface area contributed by atoms with Crippen molar-refractivity contribution in [2.45, 2.75) is 24.7 Å². The van der Waals surface area contributed by atoms with Gasteiger partial charge in [-0.25, -0.2) is 18.0 Å². The third kappa shape index (κ3) is 4.35. The minimum Gasteiger partial charge on any atom is -0.466 e. The molecule has 0 spiro atoms. The molecule has 0 aromatic heterocycles. The summed E-state index contributed by atoms with van der Waals surface area (Å²) < 4.78 is 42.4. The van der Waals surface area contributed by atoms with Crippen LogP contribution in [0.25, 0.3) is 0 Å². The molecule has 0 aliphatic carbocycles. The Hall–Kier alpha value is -2.43. The second-order valence-corrected chi connectivity index (χ2v) is 9.26. The van der Waals surface area contributed by atoms with Crippen LogP contribution in [-0.2, 0) is 33.8 Å². The third-order valence-electron chi connectivity index (χ3n) is 5.24. The number of hydrogen-bond donors (Lipinski definition) is 0. The topological polar surface area (TPSA) is 102 Å². The van der Waals surface area contributed by atoms with Crippen molar-refractivity contribution >= 4 is 27.6 Å². The van der Waals surface area contributed by atoms with Gasteiger partial charge in [-0.05, 0) is 43.0 Å². The van der Waals surface area contributed by atoms with E-state index in [1.54, 1.807) is 12.1 Å². The van der Waals surface area contributed by atoms with Gasteiger partial charge >= 0.3 is 11.9 Å². The van der Waals surface area contributed by atoms with Gasteiger partial charge in [0.05, 0.1) is 31.3 Å². The summed E-state index contributed by atoms with van der Waals surface area (Å²) in [5.41, 5.74) is 0.535. The van der Waals surface area contributed by atoms with E-state index in [-0.39, 0.29) is 29.5 Å². The molecule has 0 amide bonds. The van der Waals surface area contributed by atoms with Crippen LogP contribution in [0.15, 0.2) is 40.4 Å². The molecule has 3 rings (SSSR count). The lowest BCUT2D eigenvalue weighted by Crippen LogP contribution is -2.39. The van der Waals surface area contributed by atoms with Crippen LogP contribution in [0, 0.1) is 5.92 Å². The second-order valence-electron chi connectivity index (χ2n) is 7.32. The highest BCUT2D eigenvalue weighted by Gasteiger charge is 2.33. The molecule has 2 heterocycles. The first-order chi connectivity index (χ1) is 14.3. The molecular weight excluding hydrogens is 412 g/mol. The molecule has 2 aliphatic rings. The Kier molecular flexibility index (Phi) is 6.79. The Bertz CT molecular complexity index is 940. The number of benzene rings is 1. The summed E-state index contributed by atoms with van der Waals surface area (Å²) in [6.07, 6.45) is 1.86. The number of anilines is 1. The Balaban J connectivity index is 1.93. The van der Waals surface area contributed by atoms with Crippen molar-refractivity contribution in [2.75, 3.05) is 45.5 Å². The van der Waals surface area contributed by atoms with E-state index in [1.165, 1.54) is 35.6 Å². The van der Waals surface area contributed by atoms with Crippen molar-refractivity contribution in [1.82, 2.24) is 4.31 Å². The number of nitrogens with zero attached hydrogens (tertiary/aromatic N) is 2. The van der Waals surface area contributed by atoms with Crippen molar-refractivity contribution in [3.63, 3.8) is 0 Å². The van der Waals surface area contributed by atoms with Gasteiger partial charge in [-0.2, -0.15) is 4.31 Å². The van der Waals surface area contributed by atoms with E-state index in [2.05, 4.69) is 0 Å². The summed E-state index contributed by atoms with van der Waals surface area (Å²) in [4.78, 5) is 26.1. The zero-order chi connectivity index (χ0) is 21.9. The number of piperidine rings is 1. The normalized spacial score (nSPS) is 20.8. The maximum absolute atomic E-state index is 13.0. The average Bonchev–Trinajstić information content (AvgIpc) is 2.77. The molecule has 1 fully saturated rings. The predicted octanol–water partition coefficient (Wildman–Crippen LogP) is 1.50. The predicted molar refractivity (Wildman–Crippen MR) is 108 cm³/mol. The molecule has 1 saturated heterocycles. The van der Waals surface area contributed by atoms with E-state index in [1.807, 2.05) is 6.92 Å². The molecular formula is C20H26N2O7S. The first-order valence-corrected chi connectivity index (χ1v) is 11.1. The number of rotatable bonds is 5. The van der Waals surface area contributed by atoms with Gasteiger partial charge in [0.25, 0.3) is 0 Å². The molecule has 9 nitrogen and oxygen atoms in total. The van der Waals surface area contributed by atoms with E-state index >= 15 is 0 Å². The zero-order valence-corrected chi connectivity index (χ0v) is 18.1. The summed E-state index contributed by atoms with van der Waals surface area (Å²) in [5, 5.41) is 0. The van der Waals surface area contributed by atoms with Crippen molar-refractivity contribution in [3.05, 3.63) is 35.5 Å². The molecule has 10 heteroatoms. The van der Waals surface area contributed by atoms with Crippen LogP contribution in [0.2, 0.25) is 0 Å². The zero-order valence-electron chi connectivity index (χ0n) is 17.3. The van der Waals surface area contributed by atoms with Crippen LogP contribution in [0.5, 0.6) is 0 Å². The molecule has 0 radical (unpaired) electrons. The number of hydrogen-bond acceptors (Lipinski definition) is 8. The van der Waals surface area contributed by atoms with Crippen LogP contribution < -0.4 is 4.90 Å². The average molecular weight is 439 g/mol. The quantitative estimate of drug-likeness (QED) is 0.638. The van der Waals surface area contributed by atoms with Gasteiger partial charge in [-0.3, -0.25) is 0 Å². The Morgan fingerprint density at radius 1 is 1.10 bits per heavy atom. The third-order valence-corrected chi connectivity index (χ3v) is 7.12. The fourth-order valence-corrected chi connectivity index (χ4v) is 5.26. The Morgan fingerprint density at radius 3 is 2.37 bits per heavy atom. The van der Waals surface area contributed by atoms with Gasteiger partial charge in [-0.15, -0.1) is 0 Å². The van der Waals surface area contributed by atoms with Gasteiger partial charge in [0, 0.05) is 18.8 Å². The van der Waals surface area contributed by atoms with Crippen LogP contribution in [0.1, 0.15) is 19.8 Å². The fraction of sp³-hybridized carbons (Fsp3) is 0.500. The Morgan fingerprint density at radius 2 is 1.77 bits per heavy atom. The summed E-state index contributed by atoms with van der Waals surface area (Å²) >= 11 is 0. The molecule has 1 unspecified atom stereocenters. The lowest BCUT2D eigenvalue weighted by Gasteiger charge is -2.32. The van der Waals surface area contributed by atoms with Gasteiger partial charge in [-0.1, -0.05) is 6.92 Å². The molecule has 2 aliphatic heterocycles. The summed E-state index contributed by atoms with van der Waals surface area (Å²) in [5.74, 6) is -1.08. The molecule has 1 atom stereocenters. The number of carbonyl (C=O) groups is 2. The SMILES string of the molecule is COC(=O)C1=C(C(=O)OC)N(c2ccc(S(=O)(=O)N3CCCC(C)C3)cc2)COC1. The Labute approximate surface area is 176 Å². The van der Waals surface area contributed by atoms with Gasteiger partial charge in [0.15, 0.2) is 0 Å².